The highest BCUT2D eigenvalue weighted by Crippen LogP contribution is 2.22. The Morgan fingerprint density at radius 1 is 1.25 bits per heavy atom. The highest BCUT2D eigenvalue weighted by molar-refractivity contribution is 6.30. The van der Waals surface area contributed by atoms with E-state index in [0.29, 0.717) is 28.8 Å². The molecule has 1 unspecified atom stereocenters. The van der Waals surface area contributed by atoms with E-state index in [1.807, 2.05) is 6.92 Å². The fourth-order valence-corrected chi connectivity index (χ4v) is 1.94. The van der Waals surface area contributed by atoms with Crippen LogP contribution in [0.4, 0.5) is 5.69 Å². The third-order valence-electron chi connectivity index (χ3n) is 2.98. The number of hydrogen-bond donors (Lipinski definition) is 2. The lowest BCUT2D eigenvalue weighted by Crippen LogP contribution is -2.35. The molecule has 0 aliphatic heterocycles. The number of benzene rings is 1. The maximum absolute atomic E-state index is 11.8. The second kappa shape index (κ2) is 11.1. The quantitative estimate of drug-likeness (QED) is 0.762. The van der Waals surface area contributed by atoms with Crippen LogP contribution >= 0.6 is 36.4 Å². The molecule has 1 amide bonds. The third-order valence-corrected chi connectivity index (χ3v) is 3.20. The molecule has 0 aliphatic rings. The molecule has 1 aromatic heterocycles. The first-order chi connectivity index (χ1) is 10.6. The van der Waals surface area contributed by atoms with E-state index in [9.17, 15) is 4.79 Å². The molecule has 8 heteroatoms. The minimum absolute atomic E-state index is 0. The molecule has 0 spiro atoms. The number of hydrogen-bond acceptors (Lipinski definition) is 4. The summed E-state index contributed by atoms with van der Waals surface area (Å²) in [6.07, 6.45) is 3.05. The van der Waals surface area contributed by atoms with Crippen LogP contribution in [0.15, 0.2) is 42.6 Å². The zero-order valence-electron chi connectivity index (χ0n) is 13.1. The predicted molar refractivity (Wildman–Crippen MR) is 102 cm³/mol. The molecule has 1 atom stereocenters. The van der Waals surface area contributed by atoms with Crippen molar-refractivity contribution in [3.8, 4) is 11.6 Å². The fourth-order valence-electron chi connectivity index (χ4n) is 1.83. The van der Waals surface area contributed by atoms with Gasteiger partial charge in [0.15, 0.2) is 0 Å². The standard InChI is InChI=1S/C16H18ClN3O2.2ClH/c1-2-3-14(18)16(21)20-12-5-7-13(8-6-12)22-15-9-4-11(17)10-19-15;;/h4-10,14H,2-3,18H2,1H3,(H,20,21);2*1H. The minimum atomic E-state index is -0.487. The van der Waals surface area contributed by atoms with E-state index in [-0.39, 0.29) is 30.7 Å². The van der Waals surface area contributed by atoms with E-state index in [1.165, 1.54) is 6.20 Å². The second-order valence-corrected chi connectivity index (χ2v) is 5.26. The Morgan fingerprint density at radius 3 is 2.46 bits per heavy atom. The maximum atomic E-state index is 11.8. The van der Waals surface area contributed by atoms with Crippen molar-refractivity contribution in [2.24, 2.45) is 5.73 Å². The van der Waals surface area contributed by atoms with Crippen molar-refractivity contribution in [1.29, 1.82) is 0 Å². The molecular weight excluding hydrogens is 373 g/mol. The summed E-state index contributed by atoms with van der Waals surface area (Å²) in [4.78, 5) is 15.9. The van der Waals surface area contributed by atoms with Crippen molar-refractivity contribution in [2.45, 2.75) is 25.8 Å². The van der Waals surface area contributed by atoms with Gasteiger partial charge < -0.3 is 15.8 Å². The molecular formula is C16H20Cl3N3O2. The SMILES string of the molecule is CCCC(N)C(=O)Nc1ccc(Oc2ccc(Cl)cn2)cc1.Cl.Cl. The number of nitrogens with one attached hydrogen (secondary N) is 1. The number of ether oxygens (including phenoxy) is 1. The monoisotopic (exact) mass is 391 g/mol. The van der Waals surface area contributed by atoms with Gasteiger partial charge in [-0.15, -0.1) is 24.8 Å². The summed E-state index contributed by atoms with van der Waals surface area (Å²) >= 11 is 5.76. The van der Waals surface area contributed by atoms with Crippen LogP contribution in [0.2, 0.25) is 5.02 Å². The van der Waals surface area contributed by atoms with Gasteiger partial charge in [-0.25, -0.2) is 4.98 Å². The van der Waals surface area contributed by atoms with Crippen molar-refractivity contribution >= 4 is 48.0 Å². The highest BCUT2D eigenvalue weighted by atomic mass is 35.5. The Balaban J connectivity index is 0.00000264. The van der Waals surface area contributed by atoms with Gasteiger partial charge in [0.05, 0.1) is 11.1 Å². The van der Waals surface area contributed by atoms with Gasteiger partial charge in [0.1, 0.15) is 5.75 Å². The topological polar surface area (TPSA) is 77.2 Å². The second-order valence-electron chi connectivity index (χ2n) is 4.83. The smallest absolute Gasteiger partial charge is 0.241 e. The summed E-state index contributed by atoms with van der Waals surface area (Å²) in [5.74, 6) is 0.881. The summed E-state index contributed by atoms with van der Waals surface area (Å²) in [6, 6.07) is 9.90. The van der Waals surface area contributed by atoms with Crippen molar-refractivity contribution in [1.82, 2.24) is 4.98 Å². The van der Waals surface area contributed by atoms with E-state index >= 15 is 0 Å². The number of carbonyl (C=O) groups is 1. The van der Waals surface area contributed by atoms with E-state index < -0.39 is 6.04 Å². The van der Waals surface area contributed by atoms with Gasteiger partial charge in [-0.3, -0.25) is 4.79 Å². The molecule has 2 aromatic rings. The van der Waals surface area contributed by atoms with Crippen LogP contribution in [0, 0.1) is 0 Å². The molecule has 132 valence electrons. The van der Waals surface area contributed by atoms with E-state index in [4.69, 9.17) is 22.1 Å². The Kier molecular flexibility index (Phi) is 10.4. The van der Waals surface area contributed by atoms with Crippen LogP contribution in [0.25, 0.3) is 0 Å². The van der Waals surface area contributed by atoms with Gasteiger partial charge in [0.2, 0.25) is 11.8 Å². The number of amides is 1. The molecule has 0 aliphatic carbocycles. The normalized spacial score (nSPS) is 10.8. The van der Waals surface area contributed by atoms with Crippen molar-refractivity contribution in [3.05, 3.63) is 47.6 Å². The van der Waals surface area contributed by atoms with Crippen molar-refractivity contribution in [3.63, 3.8) is 0 Å². The van der Waals surface area contributed by atoms with Crippen LogP contribution in [-0.2, 0) is 4.79 Å². The number of carbonyl (C=O) groups excluding carboxylic acids is 1. The van der Waals surface area contributed by atoms with Crippen LogP contribution in [-0.4, -0.2) is 16.9 Å². The summed E-state index contributed by atoms with van der Waals surface area (Å²) < 4.78 is 5.57. The number of rotatable bonds is 6. The molecule has 24 heavy (non-hydrogen) atoms. The van der Waals surface area contributed by atoms with Crippen LogP contribution in [0.5, 0.6) is 11.6 Å². The van der Waals surface area contributed by atoms with Crippen LogP contribution in [0.1, 0.15) is 19.8 Å². The number of halogens is 3. The average molecular weight is 393 g/mol. The van der Waals surface area contributed by atoms with Crippen molar-refractivity contribution < 1.29 is 9.53 Å². The summed E-state index contributed by atoms with van der Waals surface area (Å²) in [5.41, 5.74) is 6.44. The molecule has 3 N–H and O–H groups in total. The molecule has 5 nitrogen and oxygen atoms in total. The van der Waals surface area contributed by atoms with Crippen molar-refractivity contribution in [2.75, 3.05) is 5.32 Å². The molecule has 0 fully saturated rings. The summed E-state index contributed by atoms with van der Waals surface area (Å²) in [5, 5.41) is 3.32. The maximum Gasteiger partial charge on any atom is 0.241 e. The van der Waals surface area contributed by atoms with E-state index in [1.54, 1.807) is 36.4 Å². The van der Waals surface area contributed by atoms with Gasteiger partial charge in [-0.05, 0) is 36.8 Å². The Labute approximate surface area is 158 Å². The first-order valence-corrected chi connectivity index (χ1v) is 7.42. The van der Waals surface area contributed by atoms with Crippen LogP contribution < -0.4 is 15.8 Å². The van der Waals surface area contributed by atoms with E-state index in [2.05, 4.69) is 10.3 Å². The predicted octanol–water partition coefficient (Wildman–Crippen LogP) is 4.44. The molecule has 1 aromatic carbocycles. The van der Waals surface area contributed by atoms with Gasteiger partial charge in [-0.1, -0.05) is 24.9 Å². The summed E-state index contributed by atoms with van der Waals surface area (Å²) in [7, 11) is 0. The molecule has 2 rings (SSSR count). The first-order valence-electron chi connectivity index (χ1n) is 7.04. The largest absolute Gasteiger partial charge is 0.439 e. The number of nitrogens with zero attached hydrogens (tertiary/aromatic N) is 1. The van der Waals surface area contributed by atoms with Gasteiger partial charge in [-0.2, -0.15) is 0 Å². The Hall–Kier alpha value is -1.53. The van der Waals surface area contributed by atoms with Gasteiger partial charge in [0.25, 0.3) is 0 Å². The molecule has 1 heterocycles. The minimum Gasteiger partial charge on any atom is -0.439 e. The van der Waals surface area contributed by atoms with E-state index in [0.717, 1.165) is 6.42 Å². The van der Waals surface area contributed by atoms with Gasteiger partial charge >= 0.3 is 0 Å². The number of nitrogens with two attached hydrogens (primary N) is 1. The number of aromatic nitrogens is 1. The zero-order valence-corrected chi connectivity index (χ0v) is 15.5. The first kappa shape index (κ1) is 22.5. The molecule has 0 bridgehead atoms. The zero-order chi connectivity index (χ0) is 15.9. The molecule has 0 saturated heterocycles. The number of pyridine rings is 1. The lowest BCUT2D eigenvalue weighted by Gasteiger charge is -2.11. The summed E-state index contributed by atoms with van der Waals surface area (Å²) in [6.45, 7) is 1.99. The number of anilines is 1. The fraction of sp³-hybridized carbons (Fsp3) is 0.250. The lowest BCUT2D eigenvalue weighted by molar-refractivity contribution is -0.117. The molecule has 0 radical (unpaired) electrons. The Bertz CT molecular complexity index is 621. The van der Waals surface area contributed by atoms with Gasteiger partial charge in [0, 0.05) is 18.0 Å². The average Bonchev–Trinajstić information content (AvgIpc) is 2.51. The third kappa shape index (κ3) is 6.93. The highest BCUT2D eigenvalue weighted by Gasteiger charge is 2.12. The van der Waals surface area contributed by atoms with Crippen LogP contribution in [0.3, 0.4) is 0 Å². The lowest BCUT2D eigenvalue weighted by atomic mass is 10.1. The Morgan fingerprint density at radius 2 is 1.92 bits per heavy atom. The molecule has 0 saturated carbocycles.